The SMILES string of the molecule is O=C(NC[C@@H]1CCCN(Cc2ccc3c(c2)CCO3)C1)c1cccc2ccccc12. The predicted molar refractivity (Wildman–Crippen MR) is 120 cm³/mol. The Morgan fingerprint density at radius 2 is 2.00 bits per heavy atom. The van der Waals surface area contributed by atoms with Crippen molar-refractivity contribution in [3.8, 4) is 5.75 Å². The maximum atomic E-state index is 12.8. The summed E-state index contributed by atoms with van der Waals surface area (Å²) in [4.78, 5) is 15.4. The van der Waals surface area contributed by atoms with Crippen molar-refractivity contribution in [2.75, 3.05) is 26.2 Å². The van der Waals surface area contributed by atoms with Crippen LogP contribution in [0.5, 0.6) is 5.75 Å². The molecule has 4 heteroatoms. The van der Waals surface area contributed by atoms with E-state index in [0.29, 0.717) is 5.92 Å². The van der Waals surface area contributed by atoms with E-state index in [4.69, 9.17) is 4.74 Å². The standard InChI is InChI=1S/C26H28N2O2/c29-26(24-9-3-7-21-6-1-2-8-23(21)24)27-16-20-5-4-13-28(18-20)17-19-10-11-25-22(15-19)12-14-30-25/h1-3,6-11,15,20H,4-5,12-14,16-18H2,(H,27,29)/t20-/m0/s1. The molecule has 154 valence electrons. The Balaban J connectivity index is 1.19. The van der Waals surface area contributed by atoms with Crippen LogP contribution in [0.15, 0.2) is 60.7 Å². The summed E-state index contributed by atoms with van der Waals surface area (Å²) in [7, 11) is 0. The monoisotopic (exact) mass is 400 g/mol. The van der Waals surface area contributed by atoms with Crippen LogP contribution in [0, 0.1) is 5.92 Å². The van der Waals surface area contributed by atoms with E-state index in [0.717, 1.165) is 61.3 Å². The Labute approximate surface area is 177 Å². The van der Waals surface area contributed by atoms with Gasteiger partial charge in [-0.05, 0) is 59.3 Å². The van der Waals surface area contributed by atoms with Gasteiger partial charge in [-0.2, -0.15) is 0 Å². The summed E-state index contributed by atoms with van der Waals surface area (Å²) < 4.78 is 5.62. The van der Waals surface area contributed by atoms with E-state index < -0.39 is 0 Å². The molecule has 0 aromatic heterocycles. The van der Waals surface area contributed by atoms with Crippen molar-refractivity contribution in [3.63, 3.8) is 0 Å². The molecule has 5 rings (SSSR count). The van der Waals surface area contributed by atoms with Crippen LogP contribution in [0.2, 0.25) is 0 Å². The number of hydrogen-bond donors (Lipinski definition) is 1. The van der Waals surface area contributed by atoms with Crippen molar-refractivity contribution >= 4 is 16.7 Å². The second-order valence-electron chi connectivity index (χ2n) is 8.52. The minimum atomic E-state index is 0.0301. The number of piperidine rings is 1. The number of hydrogen-bond acceptors (Lipinski definition) is 3. The van der Waals surface area contributed by atoms with E-state index in [9.17, 15) is 4.79 Å². The third-order valence-electron chi connectivity index (χ3n) is 6.35. The zero-order chi connectivity index (χ0) is 20.3. The smallest absolute Gasteiger partial charge is 0.251 e. The molecule has 0 aliphatic carbocycles. The average molecular weight is 401 g/mol. The number of likely N-dealkylation sites (tertiary alicyclic amines) is 1. The normalized spacial score (nSPS) is 18.7. The molecule has 1 saturated heterocycles. The summed E-state index contributed by atoms with van der Waals surface area (Å²) in [6, 6.07) is 20.6. The number of carbonyl (C=O) groups is 1. The molecule has 2 heterocycles. The minimum absolute atomic E-state index is 0.0301. The lowest BCUT2D eigenvalue weighted by Crippen LogP contribution is -2.40. The van der Waals surface area contributed by atoms with Crippen molar-refractivity contribution in [2.24, 2.45) is 5.92 Å². The third-order valence-corrected chi connectivity index (χ3v) is 6.35. The second-order valence-corrected chi connectivity index (χ2v) is 8.52. The van der Waals surface area contributed by atoms with Crippen LogP contribution in [0.1, 0.15) is 34.3 Å². The highest BCUT2D eigenvalue weighted by molar-refractivity contribution is 6.06. The molecule has 0 radical (unpaired) electrons. The predicted octanol–water partition coefficient (Wildman–Crippen LogP) is 4.42. The van der Waals surface area contributed by atoms with Gasteiger partial charge in [0.15, 0.2) is 0 Å². The van der Waals surface area contributed by atoms with Gasteiger partial charge in [0.25, 0.3) is 5.91 Å². The van der Waals surface area contributed by atoms with Gasteiger partial charge in [0.05, 0.1) is 6.61 Å². The van der Waals surface area contributed by atoms with E-state index in [1.807, 2.05) is 30.3 Å². The highest BCUT2D eigenvalue weighted by Crippen LogP contribution is 2.27. The lowest BCUT2D eigenvalue weighted by Gasteiger charge is -2.33. The first-order chi connectivity index (χ1) is 14.8. The minimum Gasteiger partial charge on any atom is -0.493 e. The Morgan fingerprint density at radius 3 is 2.97 bits per heavy atom. The summed E-state index contributed by atoms with van der Waals surface area (Å²) in [6.45, 7) is 4.67. The van der Waals surface area contributed by atoms with Gasteiger partial charge in [0.1, 0.15) is 5.75 Å². The van der Waals surface area contributed by atoms with Crippen LogP contribution in [-0.4, -0.2) is 37.0 Å². The van der Waals surface area contributed by atoms with Gasteiger partial charge in [-0.25, -0.2) is 0 Å². The fraction of sp³-hybridized carbons (Fsp3) is 0.346. The lowest BCUT2D eigenvalue weighted by atomic mass is 9.97. The number of ether oxygens (including phenoxy) is 1. The molecular weight excluding hydrogens is 372 g/mol. The van der Waals surface area contributed by atoms with Crippen molar-refractivity contribution < 1.29 is 9.53 Å². The zero-order valence-electron chi connectivity index (χ0n) is 17.3. The topological polar surface area (TPSA) is 41.6 Å². The maximum absolute atomic E-state index is 12.8. The summed E-state index contributed by atoms with van der Waals surface area (Å²) in [5, 5.41) is 5.32. The first-order valence-corrected chi connectivity index (χ1v) is 11.0. The fourth-order valence-electron chi connectivity index (χ4n) is 4.81. The number of nitrogens with one attached hydrogen (secondary N) is 1. The molecule has 3 aromatic rings. The molecule has 0 unspecified atom stereocenters. The Morgan fingerprint density at radius 1 is 1.10 bits per heavy atom. The molecule has 0 spiro atoms. The van der Waals surface area contributed by atoms with Crippen LogP contribution in [0.3, 0.4) is 0 Å². The molecule has 1 amide bonds. The molecule has 0 saturated carbocycles. The van der Waals surface area contributed by atoms with Gasteiger partial charge in [0.2, 0.25) is 0 Å². The van der Waals surface area contributed by atoms with Gasteiger partial charge < -0.3 is 10.1 Å². The molecule has 3 aromatic carbocycles. The first kappa shape index (κ1) is 19.1. The molecule has 2 aliphatic rings. The molecule has 4 nitrogen and oxygen atoms in total. The van der Waals surface area contributed by atoms with Gasteiger partial charge in [0, 0.05) is 31.6 Å². The molecular formula is C26H28N2O2. The number of benzene rings is 3. The van der Waals surface area contributed by atoms with E-state index in [1.165, 1.54) is 24.0 Å². The molecule has 1 atom stereocenters. The van der Waals surface area contributed by atoms with Gasteiger partial charge in [-0.15, -0.1) is 0 Å². The van der Waals surface area contributed by atoms with Crippen molar-refractivity contribution in [1.82, 2.24) is 10.2 Å². The highest BCUT2D eigenvalue weighted by Gasteiger charge is 2.22. The van der Waals surface area contributed by atoms with E-state index in [2.05, 4.69) is 40.5 Å². The van der Waals surface area contributed by atoms with Gasteiger partial charge in [-0.3, -0.25) is 9.69 Å². The number of rotatable bonds is 5. The number of nitrogens with zero attached hydrogens (tertiary/aromatic N) is 1. The fourth-order valence-corrected chi connectivity index (χ4v) is 4.81. The molecule has 1 N–H and O–H groups in total. The Bertz CT molecular complexity index is 1060. The third kappa shape index (κ3) is 4.05. The number of amides is 1. The largest absolute Gasteiger partial charge is 0.493 e. The Hall–Kier alpha value is -2.85. The van der Waals surface area contributed by atoms with Crippen molar-refractivity contribution in [3.05, 3.63) is 77.4 Å². The summed E-state index contributed by atoms with van der Waals surface area (Å²) in [5.41, 5.74) is 3.46. The quantitative estimate of drug-likeness (QED) is 0.689. The van der Waals surface area contributed by atoms with Crippen LogP contribution in [-0.2, 0) is 13.0 Å². The summed E-state index contributed by atoms with van der Waals surface area (Å²) in [6.07, 6.45) is 3.37. The van der Waals surface area contributed by atoms with Crippen LogP contribution < -0.4 is 10.1 Å². The van der Waals surface area contributed by atoms with Crippen LogP contribution in [0.25, 0.3) is 10.8 Å². The molecule has 0 bridgehead atoms. The maximum Gasteiger partial charge on any atom is 0.251 e. The summed E-state index contributed by atoms with van der Waals surface area (Å²) >= 11 is 0. The van der Waals surface area contributed by atoms with E-state index >= 15 is 0 Å². The van der Waals surface area contributed by atoms with Crippen LogP contribution in [0.4, 0.5) is 0 Å². The van der Waals surface area contributed by atoms with Crippen molar-refractivity contribution in [2.45, 2.75) is 25.8 Å². The second kappa shape index (κ2) is 8.49. The molecule has 2 aliphatic heterocycles. The van der Waals surface area contributed by atoms with Gasteiger partial charge >= 0.3 is 0 Å². The Kier molecular flexibility index (Phi) is 5.41. The number of fused-ring (bicyclic) bond motifs is 2. The average Bonchev–Trinajstić information content (AvgIpc) is 3.25. The van der Waals surface area contributed by atoms with E-state index in [-0.39, 0.29) is 5.91 Å². The van der Waals surface area contributed by atoms with E-state index in [1.54, 1.807) is 0 Å². The first-order valence-electron chi connectivity index (χ1n) is 11.0. The molecule has 30 heavy (non-hydrogen) atoms. The number of carbonyl (C=O) groups excluding carboxylic acids is 1. The molecule has 1 fully saturated rings. The highest BCUT2D eigenvalue weighted by atomic mass is 16.5. The van der Waals surface area contributed by atoms with Crippen molar-refractivity contribution in [1.29, 1.82) is 0 Å². The summed E-state index contributed by atoms with van der Waals surface area (Å²) in [5.74, 6) is 1.57. The van der Waals surface area contributed by atoms with Gasteiger partial charge in [-0.1, -0.05) is 48.5 Å². The lowest BCUT2D eigenvalue weighted by molar-refractivity contribution is 0.0932. The van der Waals surface area contributed by atoms with Crippen LogP contribution >= 0.6 is 0 Å². The zero-order valence-corrected chi connectivity index (χ0v) is 17.3.